The van der Waals surface area contributed by atoms with E-state index in [1.54, 1.807) is 0 Å². The van der Waals surface area contributed by atoms with E-state index < -0.39 is 159 Å². The first-order chi connectivity index (χ1) is 35.2. The average Bonchev–Trinajstić information content (AvgIpc) is 3.74. The minimum Gasteiger partial charge on any atom is -0.394 e. The SMILES string of the molecule is CC(C)=CCC[C@](C)(O[C@@H]1O[C@H](CO[C@@H]2OC[C@@H](O)[C@H](O)[C@H]2O)[C@@H](O)[C@H](O)[C@H]1O)[C@H]1CC[C@]2(C)[C@@H]1CC[C@@H]1[C@@]3(C=O)CC[C@H](O[C@@H]4O[C@H](CO)[C@@H](O)[C@H](O)[C@H]4O[C@@H]4O[C@H](CO)[C@@H](O)[C@H](O)[C@H]4O)C(C)(C)[C@@H]3CC[C@]12C. The van der Waals surface area contributed by atoms with Crippen LogP contribution >= 0.6 is 0 Å². The first-order valence-corrected chi connectivity index (χ1v) is 27.2. The third kappa shape index (κ3) is 10.5. The summed E-state index contributed by atoms with van der Waals surface area (Å²) in [5.41, 5.74) is -1.88. The molecule has 4 heterocycles. The van der Waals surface area contributed by atoms with Crippen LogP contribution in [-0.4, -0.2) is 228 Å². The van der Waals surface area contributed by atoms with Crippen LogP contribution in [0.1, 0.15) is 113 Å². The van der Waals surface area contributed by atoms with Gasteiger partial charge in [0, 0.05) is 5.41 Å². The van der Waals surface area contributed by atoms with Crippen molar-refractivity contribution in [2.24, 2.45) is 45.3 Å². The van der Waals surface area contributed by atoms with Gasteiger partial charge in [-0.2, -0.15) is 0 Å². The average molecular weight is 1080 g/mol. The van der Waals surface area contributed by atoms with Crippen LogP contribution in [0.2, 0.25) is 0 Å². The maximum Gasteiger partial charge on any atom is 0.187 e. The minimum absolute atomic E-state index is 0.0276. The second-order valence-corrected chi connectivity index (χ2v) is 24.9. The Bertz CT molecular complexity index is 1960. The van der Waals surface area contributed by atoms with Gasteiger partial charge in [0.2, 0.25) is 0 Å². The zero-order valence-electron chi connectivity index (χ0n) is 44.4. The molecule has 8 rings (SSSR count). The molecule has 75 heavy (non-hydrogen) atoms. The summed E-state index contributed by atoms with van der Waals surface area (Å²) in [7, 11) is 0. The molecule has 0 aromatic rings. The van der Waals surface area contributed by atoms with Gasteiger partial charge in [-0.1, -0.05) is 39.3 Å². The van der Waals surface area contributed by atoms with Crippen molar-refractivity contribution >= 4 is 6.29 Å². The Balaban J connectivity index is 1.01. The van der Waals surface area contributed by atoms with Crippen LogP contribution in [-0.2, 0) is 42.7 Å². The van der Waals surface area contributed by atoms with E-state index in [1.165, 1.54) is 6.29 Å². The van der Waals surface area contributed by atoms with E-state index in [-0.39, 0.29) is 41.1 Å². The van der Waals surface area contributed by atoms with Crippen LogP contribution in [0.15, 0.2) is 11.6 Å². The van der Waals surface area contributed by atoms with Crippen molar-refractivity contribution in [3.8, 4) is 0 Å². The molecule has 4 aliphatic heterocycles. The summed E-state index contributed by atoms with van der Waals surface area (Å²) >= 11 is 0. The predicted octanol–water partition coefficient (Wildman–Crippen LogP) is -1.36. The summed E-state index contributed by atoms with van der Waals surface area (Å²) < 4.78 is 48.7. The minimum atomic E-state index is -1.83. The highest BCUT2D eigenvalue weighted by Crippen LogP contribution is 2.76. The van der Waals surface area contributed by atoms with Gasteiger partial charge in [0.1, 0.15) is 97.8 Å². The van der Waals surface area contributed by atoms with E-state index in [9.17, 15) is 71.2 Å². The quantitative estimate of drug-likeness (QED) is 0.0483. The molecule has 0 spiro atoms. The van der Waals surface area contributed by atoms with Gasteiger partial charge in [0.15, 0.2) is 25.2 Å². The molecule has 0 amide bonds. The third-order valence-electron chi connectivity index (χ3n) is 20.3. The van der Waals surface area contributed by atoms with Crippen LogP contribution in [0.3, 0.4) is 0 Å². The zero-order chi connectivity index (χ0) is 54.9. The number of allylic oxidation sites excluding steroid dienone is 2. The number of hydrogen-bond donors (Lipinski definition) is 13. The maximum atomic E-state index is 14.1. The summed E-state index contributed by atoms with van der Waals surface area (Å²) in [6.45, 7) is 12.7. The molecule has 4 aliphatic carbocycles. The number of hydrogen-bond acceptors (Lipinski definition) is 22. The molecule has 8 aliphatic rings. The maximum absolute atomic E-state index is 14.1. The van der Waals surface area contributed by atoms with Gasteiger partial charge in [-0.25, -0.2) is 0 Å². The normalized spacial score (nSPS) is 51.7. The summed E-state index contributed by atoms with van der Waals surface area (Å²) in [5, 5.41) is 138. The lowest BCUT2D eigenvalue weighted by molar-refractivity contribution is -0.378. The molecule has 432 valence electrons. The first kappa shape index (κ1) is 59.7. The summed E-state index contributed by atoms with van der Waals surface area (Å²) in [5.74, 6) is -0.161. The van der Waals surface area contributed by atoms with Crippen molar-refractivity contribution in [3.63, 3.8) is 0 Å². The van der Waals surface area contributed by atoms with Crippen molar-refractivity contribution in [1.82, 2.24) is 0 Å². The van der Waals surface area contributed by atoms with E-state index in [0.717, 1.165) is 37.7 Å². The van der Waals surface area contributed by atoms with Gasteiger partial charge in [-0.05, 0) is 125 Å². The molecule has 22 nitrogen and oxygen atoms in total. The highest BCUT2D eigenvalue weighted by Gasteiger charge is 2.71. The Morgan fingerprint density at radius 1 is 0.613 bits per heavy atom. The molecule has 28 atom stereocenters. The molecule has 0 radical (unpaired) electrons. The summed E-state index contributed by atoms with van der Waals surface area (Å²) in [6.07, 6.45) is -20.1. The number of fused-ring (bicyclic) bond motifs is 5. The van der Waals surface area contributed by atoms with Gasteiger partial charge in [-0.3, -0.25) is 0 Å². The van der Waals surface area contributed by atoms with Crippen molar-refractivity contribution in [2.75, 3.05) is 26.4 Å². The fourth-order valence-electron chi connectivity index (χ4n) is 15.8. The van der Waals surface area contributed by atoms with E-state index in [1.807, 2.05) is 20.8 Å². The van der Waals surface area contributed by atoms with Gasteiger partial charge >= 0.3 is 0 Å². The van der Waals surface area contributed by atoms with E-state index in [0.29, 0.717) is 32.1 Å². The monoisotopic (exact) mass is 1080 g/mol. The topological polar surface area (TPSA) is 354 Å². The van der Waals surface area contributed by atoms with Crippen molar-refractivity contribution < 1.29 is 109 Å². The van der Waals surface area contributed by atoms with Gasteiger partial charge < -0.3 is 109 Å². The Morgan fingerprint density at radius 2 is 1.20 bits per heavy atom. The number of rotatable bonds is 16. The fraction of sp³-hybridized carbons (Fsp3) is 0.943. The molecule has 4 saturated carbocycles. The van der Waals surface area contributed by atoms with E-state index in [4.69, 9.17) is 37.9 Å². The fourth-order valence-corrected chi connectivity index (χ4v) is 15.8. The van der Waals surface area contributed by atoms with Gasteiger partial charge in [0.05, 0.1) is 38.1 Å². The predicted molar refractivity (Wildman–Crippen MR) is 259 cm³/mol. The third-order valence-corrected chi connectivity index (χ3v) is 20.3. The number of aldehydes is 1. The number of carbonyl (C=O) groups is 1. The zero-order valence-corrected chi connectivity index (χ0v) is 44.4. The second kappa shape index (κ2) is 22.8. The lowest BCUT2D eigenvalue weighted by atomic mass is 9.35. The Morgan fingerprint density at radius 3 is 1.84 bits per heavy atom. The van der Waals surface area contributed by atoms with Gasteiger partial charge in [-0.15, -0.1) is 0 Å². The Kier molecular flexibility index (Phi) is 18.2. The van der Waals surface area contributed by atoms with Crippen molar-refractivity contribution in [3.05, 3.63) is 11.6 Å². The van der Waals surface area contributed by atoms with Gasteiger partial charge in [0.25, 0.3) is 0 Å². The molecule has 8 fully saturated rings. The van der Waals surface area contributed by atoms with Crippen LogP contribution in [0.4, 0.5) is 0 Å². The molecule has 13 N–H and O–H groups in total. The number of aliphatic hydroxyl groups is 13. The first-order valence-electron chi connectivity index (χ1n) is 27.2. The largest absolute Gasteiger partial charge is 0.394 e. The molecule has 4 saturated heterocycles. The number of ether oxygens (including phenoxy) is 8. The Labute approximate surface area is 438 Å². The van der Waals surface area contributed by atoms with Crippen molar-refractivity contribution in [2.45, 2.75) is 241 Å². The smallest absolute Gasteiger partial charge is 0.187 e. The molecular formula is C53H88O22. The molecule has 0 bridgehead atoms. The summed E-state index contributed by atoms with van der Waals surface area (Å²) in [6, 6.07) is 0. The number of carbonyl (C=O) groups excluding carboxylic acids is 1. The van der Waals surface area contributed by atoms with E-state index >= 15 is 0 Å². The molecular weight excluding hydrogens is 989 g/mol. The molecule has 22 heteroatoms. The summed E-state index contributed by atoms with van der Waals surface area (Å²) in [4.78, 5) is 14.1. The molecule has 0 unspecified atom stereocenters. The van der Waals surface area contributed by atoms with Crippen LogP contribution in [0.5, 0.6) is 0 Å². The molecule has 0 aromatic carbocycles. The standard InChI is InChI=1S/C53H88O22/c1-24(2)9-8-15-52(7,75-47-43(67)39(63)37(61)30(72-47)22-69-45-41(65)34(58)27(57)21-68-45)26-12-16-50(5)25(26)10-11-32-51(50,6)17-13-31-49(3,4)33(14-18-53(31,32)23-56)73-48-44(40(64)36(60)29(20-55)71-48)74-46-42(66)38(62)35(59)28(19-54)70-46/h9,23,25-48,54-55,57-67H,8,10-22H2,1-7H3/t25-,26+,27-,28-,29-,30-,31+,32+,33+,34+,35-,36-,37-,38+,39+,40+,41-,42-,43-,44-,45+,46+,47+,48+,50-,51-,52+,53-/m1/s1. The lowest BCUT2D eigenvalue weighted by Gasteiger charge is -2.69. The highest BCUT2D eigenvalue weighted by atomic mass is 16.8. The number of aliphatic hydroxyl groups excluding tert-OH is 13. The highest BCUT2D eigenvalue weighted by molar-refractivity contribution is 5.62. The second-order valence-electron chi connectivity index (χ2n) is 24.9. The molecule has 0 aromatic heterocycles. The van der Waals surface area contributed by atoms with Crippen LogP contribution < -0.4 is 0 Å². The van der Waals surface area contributed by atoms with Crippen LogP contribution in [0, 0.1) is 45.3 Å². The Hall–Kier alpha value is -1.43. The van der Waals surface area contributed by atoms with Crippen LogP contribution in [0.25, 0.3) is 0 Å². The van der Waals surface area contributed by atoms with Crippen molar-refractivity contribution in [1.29, 1.82) is 0 Å². The lowest BCUT2D eigenvalue weighted by Crippen LogP contribution is -2.67. The van der Waals surface area contributed by atoms with E-state index in [2.05, 4.69) is 33.8 Å².